The van der Waals surface area contributed by atoms with Gasteiger partial charge in [0.25, 0.3) is 0 Å². The highest BCUT2D eigenvalue weighted by molar-refractivity contribution is 5.83. The van der Waals surface area contributed by atoms with Crippen molar-refractivity contribution in [2.45, 2.75) is 36.6 Å². The van der Waals surface area contributed by atoms with E-state index in [9.17, 15) is 9.59 Å². The highest BCUT2D eigenvalue weighted by atomic mass is 16.6. The Morgan fingerprint density at radius 1 is 0.862 bits per heavy atom. The van der Waals surface area contributed by atoms with E-state index in [-0.39, 0.29) is 42.5 Å². The Morgan fingerprint density at radius 2 is 1.52 bits per heavy atom. The standard InChI is InChI=1S/C9H8N4O3.C9H7NO3/c14-8-4-3-5-6(16-8)1-2-7(15-5)9-10-12-13-11-9;10-5-6-1-2-8-7(12-6)3-4-9(11)13-8/h1-7H,(H,10,11,12,13);1-4,6-8H/t5-,6-,7+;6-,7+,8+/m10/s1. The summed E-state index contributed by atoms with van der Waals surface area (Å²) in [7, 11) is 0. The van der Waals surface area contributed by atoms with Gasteiger partial charge in [-0.3, -0.25) is 0 Å². The molecule has 1 aromatic heterocycles. The summed E-state index contributed by atoms with van der Waals surface area (Å²) < 4.78 is 20.9. The molecule has 0 fully saturated rings. The number of carbonyl (C=O) groups is 2. The van der Waals surface area contributed by atoms with E-state index in [0.29, 0.717) is 5.82 Å². The monoisotopic (exact) mass is 397 g/mol. The van der Waals surface area contributed by atoms with Gasteiger partial charge in [0.15, 0.2) is 18.3 Å². The molecule has 5 heterocycles. The minimum Gasteiger partial charge on any atom is -0.452 e. The minimum absolute atomic E-state index is 0.286. The zero-order valence-corrected chi connectivity index (χ0v) is 14.8. The van der Waals surface area contributed by atoms with Gasteiger partial charge >= 0.3 is 11.9 Å². The molecule has 0 radical (unpaired) electrons. The number of hydrogen-bond donors (Lipinski definition) is 1. The number of ether oxygens (including phenoxy) is 4. The molecule has 11 nitrogen and oxygen atoms in total. The normalized spacial score (nSPS) is 34.0. The van der Waals surface area contributed by atoms with Crippen LogP contribution in [0.3, 0.4) is 0 Å². The van der Waals surface area contributed by atoms with Gasteiger partial charge in [0.2, 0.25) is 5.82 Å². The van der Waals surface area contributed by atoms with E-state index in [1.54, 1.807) is 36.5 Å². The summed E-state index contributed by atoms with van der Waals surface area (Å²) in [6.07, 6.45) is 10.5. The third kappa shape index (κ3) is 4.29. The molecule has 29 heavy (non-hydrogen) atoms. The van der Waals surface area contributed by atoms with Gasteiger partial charge in [-0.25, -0.2) is 9.59 Å². The summed E-state index contributed by atoms with van der Waals surface area (Å²) in [6, 6.07) is 1.96. The zero-order valence-electron chi connectivity index (χ0n) is 14.8. The first-order chi connectivity index (χ1) is 14.1. The number of tetrazole rings is 1. The minimum atomic E-state index is -0.539. The van der Waals surface area contributed by atoms with Crippen molar-refractivity contribution in [3.05, 3.63) is 54.4 Å². The number of rotatable bonds is 1. The van der Waals surface area contributed by atoms with E-state index in [1.165, 1.54) is 12.2 Å². The summed E-state index contributed by atoms with van der Waals surface area (Å²) in [5.74, 6) is -0.266. The molecule has 11 heteroatoms. The fraction of sp³-hybridized carbons (Fsp3) is 0.333. The summed E-state index contributed by atoms with van der Waals surface area (Å²) in [6.45, 7) is 0. The molecule has 5 rings (SSSR count). The predicted octanol–water partition coefficient (Wildman–Crippen LogP) is -0.00742. The van der Waals surface area contributed by atoms with E-state index in [1.807, 2.05) is 6.07 Å². The van der Waals surface area contributed by atoms with Crippen LogP contribution in [0.2, 0.25) is 0 Å². The maximum atomic E-state index is 11.0. The second kappa shape index (κ2) is 8.17. The molecule has 0 bridgehead atoms. The molecule has 0 aliphatic carbocycles. The summed E-state index contributed by atoms with van der Waals surface area (Å²) in [5, 5.41) is 22.1. The molecule has 1 N–H and O–H groups in total. The van der Waals surface area contributed by atoms with E-state index in [0.717, 1.165) is 0 Å². The molecule has 148 valence electrons. The van der Waals surface area contributed by atoms with Gasteiger partial charge in [0, 0.05) is 12.2 Å². The van der Waals surface area contributed by atoms with Crippen LogP contribution in [0.25, 0.3) is 0 Å². The maximum Gasteiger partial charge on any atom is 0.331 e. The lowest BCUT2D eigenvalue weighted by atomic mass is 10.1. The zero-order chi connectivity index (χ0) is 20.2. The quantitative estimate of drug-likeness (QED) is 0.506. The average molecular weight is 397 g/mol. The number of nitriles is 1. The molecule has 6 atom stereocenters. The van der Waals surface area contributed by atoms with Crippen LogP contribution in [0.1, 0.15) is 11.9 Å². The Morgan fingerprint density at radius 3 is 2.14 bits per heavy atom. The number of hydrogen-bond acceptors (Lipinski definition) is 10. The SMILES string of the molecule is N#C[C@@H]1C=C[C@H]2OC(=O)C=C[C@H]2O1.O=C1C=C[C@H]2O[C@H](c3nn[nH]n3)C=C[C@H]2O1. The first kappa shape index (κ1) is 18.7. The molecule has 4 aliphatic rings. The average Bonchev–Trinajstić information content (AvgIpc) is 3.28. The second-order valence-corrected chi connectivity index (χ2v) is 6.23. The van der Waals surface area contributed by atoms with Crippen LogP contribution < -0.4 is 0 Å². The van der Waals surface area contributed by atoms with Crippen molar-refractivity contribution in [2.24, 2.45) is 0 Å². The third-order valence-electron chi connectivity index (χ3n) is 4.30. The van der Waals surface area contributed by atoms with Gasteiger partial charge in [0.1, 0.15) is 18.3 Å². The van der Waals surface area contributed by atoms with Crippen LogP contribution in [0.15, 0.2) is 48.6 Å². The molecule has 0 aromatic carbocycles. The number of H-pyrrole nitrogens is 1. The van der Waals surface area contributed by atoms with Crippen LogP contribution in [-0.4, -0.2) is 63.1 Å². The molecular formula is C18H15N5O6. The van der Waals surface area contributed by atoms with E-state index in [2.05, 4.69) is 20.6 Å². The Balaban J connectivity index is 0.000000145. The number of nitrogens with one attached hydrogen (secondary N) is 1. The summed E-state index contributed by atoms with van der Waals surface area (Å²) in [5.41, 5.74) is 0. The Bertz CT molecular complexity index is 931. The number of aromatic nitrogens is 4. The smallest absolute Gasteiger partial charge is 0.331 e. The topological polar surface area (TPSA) is 149 Å². The van der Waals surface area contributed by atoms with E-state index >= 15 is 0 Å². The highest BCUT2D eigenvalue weighted by Gasteiger charge is 2.33. The van der Waals surface area contributed by atoms with Crippen molar-refractivity contribution >= 4 is 11.9 Å². The van der Waals surface area contributed by atoms with Gasteiger partial charge in [0.05, 0.1) is 6.07 Å². The molecule has 0 saturated carbocycles. The number of fused-ring (bicyclic) bond motifs is 2. The molecule has 4 aliphatic heterocycles. The molecule has 0 saturated heterocycles. The predicted molar refractivity (Wildman–Crippen MR) is 92.4 cm³/mol. The number of aromatic amines is 1. The highest BCUT2D eigenvalue weighted by Crippen LogP contribution is 2.27. The summed E-state index contributed by atoms with van der Waals surface area (Å²) >= 11 is 0. The van der Waals surface area contributed by atoms with Crippen molar-refractivity contribution in [3.8, 4) is 6.07 Å². The fourth-order valence-corrected chi connectivity index (χ4v) is 2.95. The second-order valence-electron chi connectivity index (χ2n) is 6.23. The maximum absolute atomic E-state index is 11.0. The van der Waals surface area contributed by atoms with Crippen molar-refractivity contribution in [1.29, 1.82) is 5.26 Å². The first-order valence-corrected chi connectivity index (χ1v) is 8.70. The third-order valence-corrected chi connectivity index (χ3v) is 4.30. The van der Waals surface area contributed by atoms with Crippen molar-refractivity contribution in [3.63, 3.8) is 0 Å². The van der Waals surface area contributed by atoms with Crippen molar-refractivity contribution < 1.29 is 28.5 Å². The van der Waals surface area contributed by atoms with Gasteiger partial charge in [-0.05, 0) is 36.5 Å². The van der Waals surface area contributed by atoms with Gasteiger partial charge < -0.3 is 18.9 Å². The summed E-state index contributed by atoms with van der Waals surface area (Å²) in [4.78, 5) is 21.8. The lowest BCUT2D eigenvalue weighted by Gasteiger charge is -2.30. The molecule has 0 unspecified atom stereocenters. The Labute approximate surface area is 164 Å². The van der Waals surface area contributed by atoms with Gasteiger partial charge in [-0.15, -0.1) is 10.2 Å². The van der Waals surface area contributed by atoms with Gasteiger partial charge in [-0.2, -0.15) is 10.5 Å². The fourth-order valence-electron chi connectivity index (χ4n) is 2.95. The molecule has 0 spiro atoms. The largest absolute Gasteiger partial charge is 0.452 e. The number of esters is 2. The van der Waals surface area contributed by atoms with E-state index in [4.69, 9.17) is 24.2 Å². The van der Waals surface area contributed by atoms with E-state index < -0.39 is 6.10 Å². The number of carbonyl (C=O) groups excluding carboxylic acids is 2. The van der Waals surface area contributed by atoms with Crippen LogP contribution in [0.5, 0.6) is 0 Å². The lowest BCUT2D eigenvalue weighted by molar-refractivity contribution is -0.151. The van der Waals surface area contributed by atoms with Crippen LogP contribution in [-0.2, 0) is 28.5 Å². The Hall–Kier alpha value is -3.62. The van der Waals surface area contributed by atoms with Crippen LogP contribution in [0.4, 0.5) is 0 Å². The lowest BCUT2D eigenvalue weighted by Crippen LogP contribution is -2.38. The van der Waals surface area contributed by atoms with Crippen molar-refractivity contribution in [1.82, 2.24) is 20.6 Å². The number of nitrogens with zero attached hydrogens (tertiary/aromatic N) is 4. The van der Waals surface area contributed by atoms with Crippen LogP contribution in [0, 0.1) is 11.3 Å². The van der Waals surface area contributed by atoms with Crippen molar-refractivity contribution in [2.75, 3.05) is 0 Å². The van der Waals surface area contributed by atoms with Gasteiger partial charge in [-0.1, -0.05) is 5.21 Å². The molecule has 0 amide bonds. The first-order valence-electron chi connectivity index (χ1n) is 8.70. The van der Waals surface area contributed by atoms with Crippen LogP contribution >= 0.6 is 0 Å². The molecule has 1 aromatic rings. The Kier molecular flexibility index (Phi) is 5.28. The molecular weight excluding hydrogens is 382 g/mol.